The zero-order valence-electron chi connectivity index (χ0n) is 5.99. The Balaban J connectivity index is 2.70. The third kappa shape index (κ3) is 1.35. The second-order valence-electron chi connectivity index (χ2n) is 1.93. The van der Waals surface area contributed by atoms with E-state index in [9.17, 15) is 0 Å². The average molecular weight is 134 g/mol. The van der Waals surface area contributed by atoms with E-state index in [1.165, 1.54) is 0 Å². The number of aliphatic imine (C=N–C) groups is 1. The lowest BCUT2D eigenvalue weighted by Gasteiger charge is -2.15. The lowest BCUT2D eigenvalue weighted by Crippen LogP contribution is -2.08. The molecule has 0 amide bonds. The van der Waals surface area contributed by atoms with Crippen molar-refractivity contribution in [1.82, 2.24) is 4.90 Å². The minimum absolute atomic E-state index is 0.751. The third-order valence-electron chi connectivity index (χ3n) is 1.16. The molecule has 1 aliphatic rings. The van der Waals surface area contributed by atoms with E-state index < -0.39 is 0 Å². The number of hydrogen-bond acceptors (Lipinski definition) is 2. The molecule has 1 heterocycles. The van der Waals surface area contributed by atoms with Crippen LogP contribution < -0.4 is 0 Å². The van der Waals surface area contributed by atoms with E-state index in [0.29, 0.717) is 0 Å². The Kier molecular flexibility index (Phi) is 2.05. The molecule has 0 spiro atoms. The number of allylic oxidation sites excluding steroid dienone is 2. The van der Waals surface area contributed by atoms with E-state index in [1.54, 1.807) is 6.21 Å². The summed E-state index contributed by atoms with van der Waals surface area (Å²) >= 11 is 0. The number of nitrogens with zero attached hydrogens (tertiary/aromatic N) is 2. The monoisotopic (exact) mass is 134 g/mol. The zero-order valence-corrected chi connectivity index (χ0v) is 5.99. The van der Waals surface area contributed by atoms with Gasteiger partial charge in [0.2, 0.25) is 0 Å². The van der Waals surface area contributed by atoms with Gasteiger partial charge in [-0.1, -0.05) is 12.7 Å². The zero-order chi connectivity index (χ0) is 7.40. The van der Waals surface area contributed by atoms with Crippen molar-refractivity contribution in [3.63, 3.8) is 0 Å². The predicted molar refractivity (Wildman–Crippen MR) is 43.4 cm³/mol. The molecule has 0 radical (unpaired) electrons. The van der Waals surface area contributed by atoms with Gasteiger partial charge in [0.1, 0.15) is 5.82 Å². The Labute approximate surface area is 60.9 Å². The Morgan fingerprint density at radius 3 is 3.10 bits per heavy atom. The molecule has 0 aromatic rings. The molecule has 0 fully saturated rings. The van der Waals surface area contributed by atoms with Gasteiger partial charge in [-0.25, -0.2) is 4.99 Å². The summed E-state index contributed by atoms with van der Waals surface area (Å²) in [5.74, 6) is 0.751. The van der Waals surface area contributed by atoms with Crippen LogP contribution in [0, 0.1) is 0 Å². The molecule has 1 aliphatic heterocycles. The van der Waals surface area contributed by atoms with Gasteiger partial charge in [0.05, 0.1) is 0 Å². The van der Waals surface area contributed by atoms with Crippen LogP contribution in [-0.4, -0.2) is 11.1 Å². The summed E-state index contributed by atoms with van der Waals surface area (Å²) in [6.07, 6.45) is 9.36. The van der Waals surface area contributed by atoms with Gasteiger partial charge in [-0.3, -0.25) is 0 Å². The van der Waals surface area contributed by atoms with E-state index in [2.05, 4.69) is 11.6 Å². The maximum Gasteiger partial charge on any atom is 0.129 e. The van der Waals surface area contributed by atoms with E-state index >= 15 is 0 Å². The SMILES string of the molecule is C=C1N=CC=CN1/C=C\C. The molecule has 0 saturated heterocycles. The molecule has 0 aliphatic carbocycles. The smallest absolute Gasteiger partial charge is 0.129 e. The molecule has 10 heavy (non-hydrogen) atoms. The van der Waals surface area contributed by atoms with Gasteiger partial charge in [-0.2, -0.15) is 0 Å². The van der Waals surface area contributed by atoms with Gasteiger partial charge in [-0.15, -0.1) is 0 Å². The summed E-state index contributed by atoms with van der Waals surface area (Å²) in [6.45, 7) is 5.70. The second-order valence-corrected chi connectivity index (χ2v) is 1.93. The summed E-state index contributed by atoms with van der Waals surface area (Å²) in [5.41, 5.74) is 0. The lowest BCUT2D eigenvalue weighted by molar-refractivity contribution is 0.619. The van der Waals surface area contributed by atoms with Gasteiger partial charge >= 0.3 is 0 Å². The van der Waals surface area contributed by atoms with Gasteiger partial charge in [0.15, 0.2) is 0 Å². The van der Waals surface area contributed by atoms with Gasteiger partial charge in [0, 0.05) is 18.6 Å². The highest BCUT2D eigenvalue weighted by molar-refractivity contribution is 5.73. The van der Waals surface area contributed by atoms with Crippen LogP contribution in [0.2, 0.25) is 0 Å². The van der Waals surface area contributed by atoms with Crippen molar-refractivity contribution in [2.45, 2.75) is 6.92 Å². The Morgan fingerprint density at radius 2 is 2.50 bits per heavy atom. The summed E-state index contributed by atoms with van der Waals surface area (Å²) in [7, 11) is 0. The standard InChI is InChI=1S/C8H10N2/c1-3-6-10-7-4-5-9-8(10)2/h3-7H,2H2,1H3/b6-3-. The molecule has 0 N–H and O–H groups in total. The van der Waals surface area contributed by atoms with Gasteiger partial charge in [-0.05, 0) is 13.0 Å². The van der Waals surface area contributed by atoms with Gasteiger partial charge in [0.25, 0.3) is 0 Å². The molecule has 0 unspecified atom stereocenters. The topological polar surface area (TPSA) is 15.6 Å². The van der Waals surface area contributed by atoms with Crippen LogP contribution in [0.1, 0.15) is 6.92 Å². The first-order valence-electron chi connectivity index (χ1n) is 3.15. The highest BCUT2D eigenvalue weighted by Crippen LogP contribution is 2.07. The molecule has 0 aromatic heterocycles. The Hall–Kier alpha value is -1.31. The van der Waals surface area contributed by atoms with Crippen molar-refractivity contribution >= 4 is 6.21 Å². The van der Waals surface area contributed by atoms with Crippen LogP contribution in [0.15, 0.2) is 41.9 Å². The second kappa shape index (κ2) is 3.01. The number of hydrogen-bond donors (Lipinski definition) is 0. The molecule has 0 bridgehead atoms. The highest BCUT2D eigenvalue weighted by atomic mass is 15.2. The molecule has 52 valence electrons. The summed E-state index contributed by atoms with van der Waals surface area (Å²) in [6, 6.07) is 0. The minimum Gasteiger partial charge on any atom is -0.309 e. The molecule has 0 saturated carbocycles. The fraction of sp³-hybridized carbons (Fsp3) is 0.125. The fourth-order valence-corrected chi connectivity index (χ4v) is 0.709. The number of rotatable bonds is 1. The van der Waals surface area contributed by atoms with Crippen molar-refractivity contribution in [1.29, 1.82) is 0 Å². The summed E-state index contributed by atoms with van der Waals surface area (Å²) in [5, 5.41) is 0. The molecule has 1 rings (SSSR count). The molecule has 0 aromatic carbocycles. The minimum atomic E-state index is 0.751. The van der Waals surface area contributed by atoms with Crippen molar-refractivity contribution < 1.29 is 0 Å². The molecule has 0 atom stereocenters. The Bertz CT molecular complexity index is 211. The van der Waals surface area contributed by atoms with E-state index in [1.807, 2.05) is 36.4 Å². The summed E-state index contributed by atoms with van der Waals surface area (Å²) in [4.78, 5) is 5.86. The first kappa shape index (κ1) is 6.81. The Morgan fingerprint density at radius 1 is 1.70 bits per heavy atom. The predicted octanol–water partition coefficient (Wildman–Crippen LogP) is 1.89. The van der Waals surface area contributed by atoms with Crippen LogP contribution in [-0.2, 0) is 0 Å². The fourth-order valence-electron chi connectivity index (χ4n) is 0.709. The molecular formula is C8H10N2. The summed E-state index contributed by atoms with van der Waals surface area (Å²) < 4.78 is 0. The first-order valence-corrected chi connectivity index (χ1v) is 3.15. The third-order valence-corrected chi connectivity index (χ3v) is 1.16. The molecule has 2 nitrogen and oxygen atoms in total. The van der Waals surface area contributed by atoms with Crippen LogP contribution in [0.5, 0.6) is 0 Å². The lowest BCUT2D eigenvalue weighted by atomic mass is 10.5. The first-order chi connectivity index (χ1) is 4.84. The quantitative estimate of drug-likeness (QED) is 0.534. The van der Waals surface area contributed by atoms with Gasteiger partial charge < -0.3 is 4.90 Å². The van der Waals surface area contributed by atoms with E-state index in [0.717, 1.165) is 5.82 Å². The largest absolute Gasteiger partial charge is 0.309 e. The van der Waals surface area contributed by atoms with Crippen molar-refractivity contribution in [2.24, 2.45) is 4.99 Å². The van der Waals surface area contributed by atoms with Crippen molar-refractivity contribution in [2.75, 3.05) is 0 Å². The van der Waals surface area contributed by atoms with E-state index in [-0.39, 0.29) is 0 Å². The normalized spacial score (nSPS) is 17.3. The highest BCUT2D eigenvalue weighted by Gasteiger charge is 1.98. The van der Waals surface area contributed by atoms with Crippen LogP contribution in [0.25, 0.3) is 0 Å². The van der Waals surface area contributed by atoms with Crippen molar-refractivity contribution in [3.8, 4) is 0 Å². The maximum atomic E-state index is 4.00. The van der Waals surface area contributed by atoms with Crippen LogP contribution in [0.3, 0.4) is 0 Å². The molecule has 2 heteroatoms. The average Bonchev–Trinajstić information content (AvgIpc) is 1.94. The van der Waals surface area contributed by atoms with E-state index in [4.69, 9.17) is 0 Å². The van der Waals surface area contributed by atoms with Crippen molar-refractivity contribution in [3.05, 3.63) is 37.0 Å². The maximum absolute atomic E-state index is 4.00. The van der Waals surface area contributed by atoms with Crippen LogP contribution >= 0.6 is 0 Å². The van der Waals surface area contributed by atoms with Crippen LogP contribution in [0.4, 0.5) is 0 Å². The molecular weight excluding hydrogens is 124 g/mol.